The molecule has 14 heavy (non-hydrogen) atoms. The lowest BCUT2D eigenvalue weighted by atomic mass is 9.99. The summed E-state index contributed by atoms with van der Waals surface area (Å²) in [5.41, 5.74) is 10.9. The first kappa shape index (κ1) is 10.9. The molecule has 0 aliphatic heterocycles. The lowest BCUT2D eigenvalue weighted by Crippen LogP contribution is -2.27. The fourth-order valence-corrected chi connectivity index (χ4v) is 1.26. The second-order valence-corrected chi connectivity index (χ2v) is 3.27. The van der Waals surface area contributed by atoms with E-state index in [9.17, 15) is 9.18 Å². The van der Waals surface area contributed by atoms with Crippen LogP contribution in [0.2, 0.25) is 5.02 Å². The second kappa shape index (κ2) is 4.39. The molecule has 4 N–H and O–H groups in total. The van der Waals surface area contributed by atoms with Crippen LogP contribution in [0.5, 0.6) is 0 Å². The molecule has 1 amide bonds. The van der Waals surface area contributed by atoms with Gasteiger partial charge in [0.2, 0.25) is 5.91 Å². The molecule has 5 heteroatoms. The smallest absolute Gasteiger partial charge is 0.226 e. The van der Waals surface area contributed by atoms with Gasteiger partial charge in [-0.3, -0.25) is 4.79 Å². The Bertz CT molecular complexity index is 357. The highest BCUT2D eigenvalue weighted by atomic mass is 35.5. The largest absolute Gasteiger partial charge is 0.369 e. The zero-order chi connectivity index (χ0) is 10.7. The Morgan fingerprint density at radius 3 is 2.64 bits per heavy atom. The van der Waals surface area contributed by atoms with Gasteiger partial charge in [-0.05, 0) is 17.7 Å². The van der Waals surface area contributed by atoms with Gasteiger partial charge in [0.1, 0.15) is 5.82 Å². The molecule has 0 fully saturated rings. The Labute approximate surface area is 85.8 Å². The van der Waals surface area contributed by atoms with Crippen molar-refractivity contribution >= 4 is 17.5 Å². The highest BCUT2D eigenvalue weighted by Crippen LogP contribution is 2.20. The predicted octanol–water partition coefficient (Wildman–Crippen LogP) is 1.01. The number of amides is 1. The number of hydrogen-bond acceptors (Lipinski definition) is 2. The van der Waals surface area contributed by atoms with Crippen molar-refractivity contribution in [3.8, 4) is 0 Å². The molecule has 1 atom stereocenters. The van der Waals surface area contributed by atoms with Crippen molar-refractivity contribution in [1.29, 1.82) is 0 Å². The van der Waals surface area contributed by atoms with E-state index in [1.165, 1.54) is 18.2 Å². The zero-order valence-corrected chi connectivity index (χ0v) is 8.09. The topological polar surface area (TPSA) is 69.1 Å². The predicted molar refractivity (Wildman–Crippen MR) is 52.4 cm³/mol. The fraction of sp³-hybridized carbons (Fsp3) is 0.222. The summed E-state index contributed by atoms with van der Waals surface area (Å²) in [6.07, 6.45) is 0. The van der Waals surface area contributed by atoms with Gasteiger partial charge in [0, 0.05) is 6.54 Å². The van der Waals surface area contributed by atoms with Crippen LogP contribution >= 0.6 is 11.6 Å². The molecule has 0 radical (unpaired) electrons. The van der Waals surface area contributed by atoms with E-state index in [0.29, 0.717) is 5.56 Å². The molecule has 0 unspecified atom stereocenters. The van der Waals surface area contributed by atoms with Crippen LogP contribution in [0.3, 0.4) is 0 Å². The van der Waals surface area contributed by atoms with E-state index in [1.807, 2.05) is 0 Å². The van der Waals surface area contributed by atoms with Crippen LogP contribution in [-0.4, -0.2) is 12.5 Å². The van der Waals surface area contributed by atoms with Gasteiger partial charge in [0.15, 0.2) is 0 Å². The summed E-state index contributed by atoms with van der Waals surface area (Å²) in [6.45, 7) is 0.0520. The van der Waals surface area contributed by atoms with Gasteiger partial charge in [-0.2, -0.15) is 0 Å². The molecule has 0 heterocycles. The first-order chi connectivity index (χ1) is 6.56. The van der Waals surface area contributed by atoms with Crippen LogP contribution in [0, 0.1) is 5.82 Å². The maximum absolute atomic E-state index is 13.0. The number of primary amides is 1. The van der Waals surface area contributed by atoms with E-state index in [1.54, 1.807) is 0 Å². The van der Waals surface area contributed by atoms with E-state index in [-0.39, 0.29) is 11.6 Å². The van der Waals surface area contributed by atoms with Crippen molar-refractivity contribution < 1.29 is 9.18 Å². The molecule has 0 bridgehead atoms. The molecule has 0 aliphatic rings. The lowest BCUT2D eigenvalue weighted by molar-refractivity contribution is -0.119. The highest BCUT2D eigenvalue weighted by molar-refractivity contribution is 6.30. The third-order valence-electron chi connectivity index (χ3n) is 1.93. The van der Waals surface area contributed by atoms with Gasteiger partial charge < -0.3 is 11.5 Å². The standard InChI is InChI=1S/C9H10ClFN2O/c10-7-2-1-5(3-8(7)11)6(4-12)9(13)14/h1-3,6H,4,12H2,(H2,13,14)/t6-/m1/s1. The molecule has 0 saturated carbocycles. The van der Waals surface area contributed by atoms with Crippen molar-refractivity contribution in [2.45, 2.75) is 5.92 Å². The van der Waals surface area contributed by atoms with Crippen molar-refractivity contribution in [2.24, 2.45) is 11.5 Å². The maximum atomic E-state index is 13.0. The van der Waals surface area contributed by atoms with Gasteiger partial charge in [-0.15, -0.1) is 0 Å². The Morgan fingerprint density at radius 1 is 1.57 bits per heavy atom. The molecule has 1 aromatic rings. The molecule has 0 aliphatic carbocycles. The molecular formula is C9H10ClFN2O. The van der Waals surface area contributed by atoms with E-state index < -0.39 is 17.6 Å². The monoisotopic (exact) mass is 216 g/mol. The number of carbonyl (C=O) groups excluding carboxylic acids is 1. The summed E-state index contributed by atoms with van der Waals surface area (Å²) in [5.74, 6) is -1.82. The molecule has 0 saturated heterocycles. The molecule has 3 nitrogen and oxygen atoms in total. The molecule has 0 aromatic heterocycles. The molecular weight excluding hydrogens is 207 g/mol. The van der Waals surface area contributed by atoms with Crippen LogP contribution in [0.15, 0.2) is 18.2 Å². The number of nitrogens with two attached hydrogens (primary N) is 2. The molecule has 1 rings (SSSR count). The van der Waals surface area contributed by atoms with Gasteiger partial charge >= 0.3 is 0 Å². The SMILES string of the molecule is NC[C@@H](C(N)=O)c1ccc(Cl)c(F)c1. The van der Waals surface area contributed by atoms with Crippen molar-refractivity contribution in [3.05, 3.63) is 34.6 Å². The third kappa shape index (κ3) is 2.21. The van der Waals surface area contributed by atoms with Crippen LogP contribution in [0.25, 0.3) is 0 Å². The number of hydrogen-bond donors (Lipinski definition) is 2. The normalized spacial score (nSPS) is 12.5. The average molecular weight is 217 g/mol. The van der Waals surface area contributed by atoms with E-state index >= 15 is 0 Å². The van der Waals surface area contributed by atoms with E-state index in [2.05, 4.69) is 0 Å². The maximum Gasteiger partial charge on any atom is 0.226 e. The van der Waals surface area contributed by atoms with Crippen molar-refractivity contribution in [2.75, 3.05) is 6.54 Å². The van der Waals surface area contributed by atoms with E-state index in [0.717, 1.165) is 0 Å². The quantitative estimate of drug-likeness (QED) is 0.792. The highest BCUT2D eigenvalue weighted by Gasteiger charge is 2.16. The third-order valence-corrected chi connectivity index (χ3v) is 2.23. The molecule has 0 spiro atoms. The minimum atomic E-state index is -0.665. The number of benzene rings is 1. The Hall–Kier alpha value is -1.13. The summed E-state index contributed by atoms with van der Waals surface area (Å²) < 4.78 is 13.0. The van der Waals surface area contributed by atoms with Gasteiger partial charge in [0.25, 0.3) is 0 Å². The van der Waals surface area contributed by atoms with Crippen molar-refractivity contribution in [3.63, 3.8) is 0 Å². The zero-order valence-electron chi connectivity index (χ0n) is 7.34. The summed E-state index contributed by atoms with van der Waals surface area (Å²) in [7, 11) is 0. The Balaban J connectivity index is 3.06. The summed E-state index contributed by atoms with van der Waals surface area (Å²) in [5, 5.41) is 0.00833. The van der Waals surface area contributed by atoms with Crippen molar-refractivity contribution in [1.82, 2.24) is 0 Å². The number of carbonyl (C=O) groups is 1. The average Bonchev–Trinajstić information content (AvgIpc) is 2.11. The fourth-order valence-electron chi connectivity index (χ4n) is 1.15. The van der Waals surface area contributed by atoms with Gasteiger partial charge in [-0.25, -0.2) is 4.39 Å². The molecule has 1 aromatic carbocycles. The van der Waals surface area contributed by atoms with Gasteiger partial charge in [0.05, 0.1) is 10.9 Å². The lowest BCUT2D eigenvalue weighted by Gasteiger charge is -2.11. The van der Waals surface area contributed by atoms with Crippen LogP contribution in [0.4, 0.5) is 4.39 Å². The van der Waals surface area contributed by atoms with E-state index in [4.69, 9.17) is 23.1 Å². The number of rotatable bonds is 3. The van der Waals surface area contributed by atoms with Crippen LogP contribution in [0.1, 0.15) is 11.5 Å². The summed E-state index contributed by atoms with van der Waals surface area (Å²) in [4.78, 5) is 10.9. The Morgan fingerprint density at radius 2 is 2.21 bits per heavy atom. The van der Waals surface area contributed by atoms with Crippen LogP contribution in [-0.2, 0) is 4.79 Å². The first-order valence-corrected chi connectivity index (χ1v) is 4.38. The van der Waals surface area contributed by atoms with Gasteiger partial charge in [-0.1, -0.05) is 17.7 Å². The Kier molecular flexibility index (Phi) is 3.43. The minimum absolute atomic E-state index is 0.00833. The summed E-state index contributed by atoms with van der Waals surface area (Å²) in [6, 6.07) is 4.08. The number of halogens is 2. The first-order valence-electron chi connectivity index (χ1n) is 4.00. The second-order valence-electron chi connectivity index (χ2n) is 2.86. The summed E-state index contributed by atoms with van der Waals surface area (Å²) >= 11 is 5.49. The minimum Gasteiger partial charge on any atom is -0.369 e. The molecule has 76 valence electrons. The van der Waals surface area contributed by atoms with Crippen LogP contribution < -0.4 is 11.5 Å².